The van der Waals surface area contributed by atoms with Crippen molar-refractivity contribution in [3.05, 3.63) is 106 Å². The molecule has 1 aliphatic carbocycles. The van der Waals surface area contributed by atoms with Gasteiger partial charge in [-0.25, -0.2) is 21.9 Å². The van der Waals surface area contributed by atoms with Gasteiger partial charge >= 0.3 is 0 Å². The molecule has 1 amide bonds. The standard InChI is InChI=1S/C30H33ClF2N4O4S.C2H6/c1-19(38)15-34-16-24(37-42(40,41)25-10-11-25)9-12-26-28(33)17-35-18-29(26)36-30(39)14-27(20-5-7-22(31)8-6-20)21-3-2-4-23(32)13-21;1-2/h2-8,10-11,13,17-19,24-25,27,34,37-38H,9,12,14-16H2,1H3,(H,36,39);1-2H3/t19?,24-,27-;/m0./s1. The number of amides is 1. The zero-order valence-corrected chi connectivity index (χ0v) is 26.5. The van der Waals surface area contributed by atoms with Crippen LogP contribution in [0.5, 0.6) is 0 Å². The third-order valence-corrected chi connectivity index (χ3v) is 8.75. The fourth-order valence-electron chi connectivity index (χ4n) is 4.61. The highest BCUT2D eigenvalue weighted by Gasteiger charge is 2.30. The minimum Gasteiger partial charge on any atom is -0.392 e. The molecule has 1 heterocycles. The number of sulfonamides is 1. The maximum Gasteiger partial charge on any atom is 0.225 e. The predicted molar refractivity (Wildman–Crippen MR) is 170 cm³/mol. The number of aliphatic hydroxyl groups excluding tert-OH is 1. The number of rotatable bonds is 15. The van der Waals surface area contributed by atoms with Crippen molar-refractivity contribution in [3.63, 3.8) is 0 Å². The van der Waals surface area contributed by atoms with Gasteiger partial charge in [-0.05, 0) is 55.2 Å². The molecule has 44 heavy (non-hydrogen) atoms. The Morgan fingerprint density at radius 3 is 2.39 bits per heavy atom. The van der Waals surface area contributed by atoms with Gasteiger partial charge in [0, 0.05) is 42.1 Å². The highest BCUT2D eigenvalue weighted by molar-refractivity contribution is 7.90. The lowest BCUT2D eigenvalue weighted by atomic mass is 9.88. The normalized spacial score (nSPS) is 14.7. The first kappa shape index (κ1) is 35.3. The van der Waals surface area contributed by atoms with Gasteiger partial charge in [0.05, 0.1) is 24.2 Å². The van der Waals surface area contributed by atoms with Crippen LogP contribution in [0, 0.1) is 11.6 Å². The number of aromatic nitrogens is 1. The summed E-state index contributed by atoms with van der Waals surface area (Å²) in [7, 11) is -3.63. The first-order chi connectivity index (χ1) is 21.0. The fraction of sp³-hybridized carbons (Fsp3) is 0.375. The molecule has 0 spiro atoms. The molecule has 238 valence electrons. The highest BCUT2D eigenvalue weighted by Crippen LogP contribution is 2.30. The van der Waals surface area contributed by atoms with Crippen molar-refractivity contribution in [2.45, 2.75) is 63.3 Å². The summed E-state index contributed by atoms with van der Waals surface area (Å²) in [5.74, 6) is -2.02. The van der Waals surface area contributed by atoms with Crippen molar-refractivity contribution in [1.82, 2.24) is 15.0 Å². The minimum absolute atomic E-state index is 0.0683. The summed E-state index contributed by atoms with van der Waals surface area (Å²) < 4.78 is 56.8. The van der Waals surface area contributed by atoms with Gasteiger partial charge in [-0.15, -0.1) is 0 Å². The van der Waals surface area contributed by atoms with E-state index >= 15 is 0 Å². The third-order valence-electron chi connectivity index (χ3n) is 6.80. The number of carbonyl (C=O) groups excluding carboxylic acids is 1. The molecule has 4 rings (SSSR count). The molecule has 8 nitrogen and oxygen atoms in total. The van der Waals surface area contributed by atoms with Crippen LogP contribution in [0.3, 0.4) is 0 Å². The number of nitrogens with one attached hydrogen (secondary N) is 3. The van der Waals surface area contributed by atoms with Crippen LogP contribution in [0.25, 0.3) is 0 Å². The van der Waals surface area contributed by atoms with Crippen molar-refractivity contribution >= 4 is 33.2 Å². The topological polar surface area (TPSA) is 120 Å². The van der Waals surface area contributed by atoms with E-state index < -0.39 is 50.9 Å². The Kier molecular flexibility index (Phi) is 13.4. The van der Waals surface area contributed by atoms with Crippen molar-refractivity contribution in [2.24, 2.45) is 0 Å². The van der Waals surface area contributed by atoms with E-state index in [4.69, 9.17) is 11.6 Å². The molecule has 0 fully saturated rings. The molecule has 0 aliphatic heterocycles. The number of hydrogen-bond donors (Lipinski definition) is 4. The number of benzene rings is 2. The molecule has 0 radical (unpaired) electrons. The Labute approximate surface area is 263 Å². The molecule has 1 unspecified atom stereocenters. The van der Waals surface area contributed by atoms with Gasteiger partial charge in [0.15, 0.2) is 0 Å². The average Bonchev–Trinajstić information content (AvgIpc) is 3.84. The predicted octanol–water partition coefficient (Wildman–Crippen LogP) is 5.33. The van der Waals surface area contributed by atoms with Crippen LogP contribution < -0.4 is 15.4 Å². The van der Waals surface area contributed by atoms with E-state index in [-0.39, 0.29) is 43.6 Å². The summed E-state index contributed by atoms with van der Waals surface area (Å²) >= 11 is 6.04. The molecular formula is C32H39ClF2N4O4S. The first-order valence-corrected chi connectivity index (χ1v) is 16.5. The molecular weight excluding hydrogens is 610 g/mol. The number of anilines is 1. The number of pyridine rings is 1. The van der Waals surface area contributed by atoms with E-state index in [0.29, 0.717) is 10.6 Å². The maximum atomic E-state index is 15.0. The molecule has 0 bridgehead atoms. The smallest absolute Gasteiger partial charge is 0.225 e. The third kappa shape index (κ3) is 10.7. The molecule has 1 aromatic heterocycles. The van der Waals surface area contributed by atoms with Crippen molar-refractivity contribution in [2.75, 3.05) is 18.4 Å². The van der Waals surface area contributed by atoms with Crippen LogP contribution in [0.2, 0.25) is 5.02 Å². The monoisotopic (exact) mass is 648 g/mol. The summed E-state index contributed by atoms with van der Waals surface area (Å²) in [6.45, 7) is 6.07. The largest absolute Gasteiger partial charge is 0.392 e. The van der Waals surface area contributed by atoms with Crippen LogP contribution in [0.1, 0.15) is 56.2 Å². The van der Waals surface area contributed by atoms with E-state index in [0.717, 1.165) is 11.8 Å². The second-order valence-corrected chi connectivity index (χ2v) is 12.6. The summed E-state index contributed by atoms with van der Waals surface area (Å²) in [5, 5.41) is 15.2. The molecule has 2 aromatic carbocycles. The maximum absolute atomic E-state index is 15.0. The number of nitrogens with zero attached hydrogens (tertiary/aromatic N) is 1. The second kappa shape index (κ2) is 16.7. The Morgan fingerprint density at radius 1 is 1.05 bits per heavy atom. The summed E-state index contributed by atoms with van der Waals surface area (Å²) in [6.07, 6.45) is 5.09. The molecule has 12 heteroatoms. The average molecular weight is 649 g/mol. The molecule has 0 saturated carbocycles. The summed E-state index contributed by atoms with van der Waals surface area (Å²) in [5.41, 5.74) is 1.69. The van der Waals surface area contributed by atoms with Gasteiger partial charge in [-0.3, -0.25) is 9.78 Å². The van der Waals surface area contributed by atoms with Crippen molar-refractivity contribution < 1.29 is 27.1 Å². The SMILES string of the molecule is CC.CC(O)CNC[C@H](CCc1c(F)cncc1NC(=O)C[C@@H](c1ccc(Cl)cc1)c1cccc(F)c1)NS(=O)(=O)C1C=C1. The van der Waals surface area contributed by atoms with Crippen molar-refractivity contribution in [1.29, 1.82) is 0 Å². The van der Waals surface area contributed by atoms with Crippen LogP contribution in [0.15, 0.2) is 73.1 Å². The molecule has 4 N–H and O–H groups in total. The van der Waals surface area contributed by atoms with Gasteiger partial charge in [-0.1, -0.05) is 61.9 Å². The van der Waals surface area contributed by atoms with Crippen LogP contribution in [-0.2, 0) is 21.2 Å². The van der Waals surface area contributed by atoms with E-state index in [1.165, 1.54) is 18.3 Å². The molecule has 3 atom stereocenters. The number of halogens is 3. The van der Waals surface area contributed by atoms with Gasteiger partial charge in [0.1, 0.15) is 16.9 Å². The Bertz CT molecular complexity index is 1510. The zero-order valence-electron chi connectivity index (χ0n) is 24.9. The van der Waals surface area contributed by atoms with E-state index in [2.05, 4.69) is 20.3 Å². The Balaban J connectivity index is 0.00000259. The minimum atomic E-state index is -3.63. The van der Waals surface area contributed by atoms with Crippen LogP contribution in [-0.4, -0.2) is 54.9 Å². The lowest BCUT2D eigenvalue weighted by molar-refractivity contribution is -0.116. The van der Waals surface area contributed by atoms with Gasteiger partial charge in [0.25, 0.3) is 0 Å². The van der Waals surface area contributed by atoms with E-state index in [1.54, 1.807) is 55.5 Å². The summed E-state index contributed by atoms with van der Waals surface area (Å²) in [6, 6.07) is 12.3. The Hall–Kier alpha value is -3.22. The number of carbonyl (C=O) groups is 1. The highest BCUT2D eigenvalue weighted by atomic mass is 35.5. The van der Waals surface area contributed by atoms with Gasteiger partial charge in [0.2, 0.25) is 15.9 Å². The van der Waals surface area contributed by atoms with E-state index in [1.807, 2.05) is 13.8 Å². The van der Waals surface area contributed by atoms with Crippen LogP contribution >= 0.6 is 11.6 Å². The zero-order chi connectivity index (χ0) is 32.3. The molecule has 1 aliphatic rings. The molecule has 0 saturated heterocycles. The fourth-order valence-corrected chi connectivity index (χ4v) is 6.06. The lowest BCUT2D eigenvalue weighted by Gasteiger charge is -2.21. The quantitative estimate of drug-likeness (QED) is 0.165. The summed E-state index contributed by atoms with van der Waals surface area (Å²) in [4.78, 5) is 17.2. The lowest BCUT2D eigenvalue weighted by Crippen LogP contribution is -2.45. The molecule has 3 aromatic rings. The number of aliphatic hydroxyl groups is 1. The first-order valence-electron chi connectivity index (χ1n) is 14.5. The van der Waals surface area contributed by atoms with Gasteiger partial charge < -0.3 is 15.7 Å². The van der Waals surface area contributed by atoms with Crippen molar-refractivity contribution in [3.8, 4) is 0 Å². The Morgan fingerprint density at radius 2 is 1.75 bits per heavy atom. The van der Waals surface area contributed by atoms with Crippen LogP contribution in [0.4, 0.5) is 14.5 Å². The second-order valence-electron chi connectivity index (χ2n) is 10.3. The van der Waals surface area contributed by atoms with Gasteiger partial charge in [-0.2, -0.15) is 0 Å². The van der Waals surface area contributed by atoms with E-state index in [9.17, 15) is 27.1 Å². The number of hydrogen-bond acceptors (Lipinski definition) is 6.